The van der Waals surface area contributed by atoms with Gasteiger partial charge < -0.3 is 10.3 Å². The Balaban J connectivity index is 2.49. The Bertz CT molecular complexity index is 594. The molecular weight excluding hydrogens is 321 g/mol. The standard InChI is InChI=1S/C15H21BrFN3/c1-3-5-7-10(6-4-2)20-14-9-12(17)11(16)8-13(14)19-15(20)18/h8-10H,3-7H2,1-2H3,(H2,18,19). The van der Waals surface area contributed by atoms with Crippen LogP contribution in [-0.4, -0.2) is 9.55 Å². The molecule has 0 amide bonds. The van der Waals surface area contributed by atoms with Gasteiger partial charge in [-0.15, -0.1) is 0 Å². The van der Waals surface area contributed by atoms with Crippen LogP contribution in [0, 0.1) is 5.82 Å². The van der Waals surface area contributed by atoms with Gasteiger partial charge in [0, 0.05) is 12.1 Å². The maximum atomic E-state index is 13.8. The second-order valence-electron chi connectivity index (χ2n) is 5.18. The molecule has 0 saturated heterocycles. The minimum Gasteiger partial charge on any atom is -0.369 e. The van der Waals surface area contributed by atoms with Crippen molar-refractivity contribution in [2.24, 2.45) is 0 Å². The fourth-order valence-electron chi connectivity index (χ4n) is 2.67. The number of hydrogen-bond acceptors (Lipinski definition) is 2. The summed E-state index contributed by atoms with van der Waals surface area (Å²) < 4.78 is 16.2. The van der Waals surface area contributed by atoms with Gasteiger partial charge in [-0.3, -0.25) is 0 Å². The molecule has 20 heavy (non-hydrogen) atoms. The number of anilines is 1. The van der Waals surface area contributed by atoms with Crippen molar-refractivity contribution >= 4 is 32.9 Å². The Morgan fingerprint density at radius 2 is 2.05 bits per heavy atom. The van der Waals surface area contributed by atoms with E-state index in [0.717, 1.165) is 43.1 Å². The molecule has 1 heterocycles. The third kappa shape index (κ3) is 2.97. The van der Waals surface area contributed by atoms with E-state index < -0.39 is 0 Å². The lowest BCUT2D eigenvalue weighted by molar-refractivity contribution is 0.430. The maximum absolute atomic E-state index is 13.8. The van der Waals surface area contributed by atoms with Crippen LogP contribution in [-0.2, 0) is 0 Å². The van der Waals surface area contributed by atoms with Crippen molar-refractivity contribution in [2.75, 3.05) is 5.73 Å². The van der Waals surface area contributed by atoms with E-state index >= 15 is 0 Å². The topological polar surface area (TPSA) is 43.8 Å². The summed E-state index contributed by atoms with van der Waals surface area (Å²) in [6.45, 7) is 4.33. The van der Waals surface area contributed by atoms with Crippen molar-refractivity contribution in [3.8, 4) is 0 Å². The highest BCUT2D eigenvalue weighted by atomic mass is 79.9. The van der Waals surface area contributed by atoms with Gasteiger partial charge in [0.15, 0.2) is 0 Å². The summed E-state index contributed by atoms with van der Waals surface area (Å²) in [6.07, 6.45) is 5.45. The lowest BCUT2D eigenvalue weighted by Gasteiger charge is -2.20. The van der Waals surface area contributed by atoms with E-state index in [0.29, 0.717) is 16.5 Å². The molecule has 0 saturated carbocycles. The molecule has 2 N–H and O–H groups in total. The van der Waals surface area contributed by atoms with Crippen molar-refractivity contribution in [3.05, 3.63) is 22.4 Å². The van der Waals surface area contributed by atoms with Gasteiger partial charge in [0.05, 0.1) is 15.5 Å². The van der Waals surface area contributed by atoms with Crippen LogP contribution in [0.5, 0.6) is 0 Å². The molecule has 0 radical (unpaired) electrons. The molecule has 5 heteroatoms. The minimum atomic E-state index is -0.274. The second kappa shape index (κ2) is 6.57. The Hall–Kier alpha value is -1.10. The lowest BCUT2D eigenvalue weighted by Crippen LogP contribution is -2.12. The molecule has 0 bridgehead atoms. The van der Waals surface area contributed by atoms with E-state index in [1.807, 2.05) is 4.57 Å². The summed E-state index contributed by atoms with van der Waals surface area (Å²) in [7, 11) is 0. The Morgan fingerprint density at radius 1 is 1.30 bits per heavy atom. The number of nitrogens with zero attached hydrogens (tertiary/aromatic N) is 2. The molecule has 1 aromatic carbocycles. The van der Waals surface area contributed by atoms with Crippen molar-refractivity contribution in [3.63, 3.8) is 0 Å². The predicted octanol–water partition coefficient (Wildman–Crippen LogP) is 5.05. The number of halogens is 2. The van der Waals surface area contributed by atoms with Crippen LogP contribution in [0.4, 0.5) is 10.3 Å². The van der Waals surface area contributed by atoms with E-state index in [1.165, 1.54) is 6.07 Å². The van der Waals surface area contributed by atoms with Crippen molar-refractivity contribution in [1.29, 1.82) is 0 Å². The average molecular weight is 342 g/mol. The lowest BCUT2D eigenvalue weighted by atomic mass is 10.0. The largest absolute Gasteiger partial charge is 0.369 e. The van der Waals surface area contributed by atoms with Crippen molar-refractivity contribution in [2.45, 2.75) is 52.0 Å². The summed E-state index contributed by atoms with van der Waals surface area (Å²) in [5.41, 5.74) is 7.60. The number of hydrogen-bond donors (Lipinski definition) is 1. The van der Waals surface area contributed by atoms with Crippen LogP contribution in [0.2, 0.25) is 0 Å². The normalized spacial score (nSPS) is 13.0. The first-order valence-corrected chi connectivity index (χ1v) is 8.00. The first kappa shape index (κ1) is 15.3. The van der Waals surface area contributed by atoms with Crippen LogP contribution < -0.4 is 5.73 Å². The molecule has 0 spiro atoms. The third-order valence-electron chi connectivity index (χ3n) is 3.64. The van der Waals surface area contributed by atoms with Crippen LogP contribution in [0.15, 0.2) is 16.6 Å². The van der Waals surface area contributed by atoms with Gasteiger partial charge in [0.1, 0.15) is 5.82 Å². The van der Waals surface area contributed by atoms with Gasteiger partial charge in [-0.1, -0.05) is 33.1 Å². The zero-order valence-electron chi connectivity index (χ0n) is 12.0. The molecule has 1 atom stereocenters. The van der Waals surface area contributed by atoms with Crippen LogP contribution in [0.25, 0.3) is 11.0 Å². The zero-order valence-corrected chi connectivity index (χ0v) is 13.6. The average Bonchev–Trinajstić information content (AvgIpc) is 2.71. The number of fused-ring (bicyclic) bond motifs is 1. The summed E-state index contributed by atoms with van der Waals surface area (Å²) in [5, 5.41) is 0. The first-order valence-electron chi connectivity index (χ1n) is 7.20. The molecule has 3 nitrogen and oxygen atoms in total. The second-order valence-corrected chi connectivity index (χ2v) is 6.03. The monoisotopic (exact) mass is 341 g/mol. The molecule has 1 aromatic heterocycles. The molecule has 0 aliphatic rings. The van der Waals surface area contributed by atoms with Gasteiger partial charge in [-0.2, -0.15) is 0 Å². The van der Waals surface area contributed by atoms with E-state index in [9.17, 15) is 4.39 Å². The molecule has 0 aliphatic carbocycles. The molecule has 110 valence electrons. The minimum absolute atomic E-state index is 0.274. The van der Waals surface area contributed by atoms with Gasteiger partial charge in [0.2, 0.25) is 5.95 Å². The van der Waals surface area contributed by atoms with Crippen LogP contribution in [0.1, 0.15) is 52.0 Å². The Kier molecular flexibility index (Phi) is 5.02. The molecule has 1 unspecified atom stereocenters. The van der Waals surface area contributed by atoms with Crippen LogP contribution in [0.3, 0.4) is 0 Å². The summed E-state index contributed by atoms with van der Waals surface area (Å²) in [6, 6.07) is 3.52. The molecule has 0 aliphatic heterocycles. The highest BCUT2D eigenvalue weighted by molar-refractivity contribution is 9.10. The number of benzene rings is 1. The quantitative estimate of drug-likeness (QED) is 0.798. The number of nitrogen functional groups attached to an aromatic ring is 1. The van der Waals surface area contributed by atoms with Gasteiger partial charge in [-0.25, -0.2) is 9.37 Å². The van der Waals surface area contributed by atoms with E-state index in [4.69, 9.17) is 5.73 Å². The van der Waals surface area contributed by atoms with Crippen molar-refractivity contribution in [1.82, 2.24) is 9.55 Å². The predicted molar refractivity (Wildman–Crippen MR) is 85.3 cm³/mol. The SMILES string of the molecule is CCCCC(CCC)n1c(N)nc2cc(Br)c(F)cc21. The highest BCUT2D eigenvalue weighted by Crippen LogP contribution is 2.31. The summed E-state index contributed by atoms with van der Waals surface area (Å²) in [5.74, 6) is 0.205. The van der Waals surface area contributed by atoms with E-state index in [1.54, 1.807) is 6.07 Å². The smallest absolute Gasteiger partial charge is 0.201 e. The maximum Gasteiger partial charge on any atom is 0.201 e. The first-order chi connectivity index (χ1) is 9.58. The fraction of sp³-hybridized carbons (Fsp3) is 0.533. The molecule has 2 aromatic rings. The Morgan fingerprint density at radius 3 is 2.70 bits per heavy atom. The zero-order chi connectivity index (χ0) is 14.7. The van der Waals surface area contributed by atoms with Crippen molar-refractivity contribution < 1.29 is 4.39 Å². The van der Waals surface area contributed by atoms with Gasteiger partial charge >= 0.3 is 0 Å². The summed E-state index contributed by atoms with van der Waals surface area (Å²) in [4.78, 5) is 4.37. The number of rotatable bonds is 6. The highest BCUT2D eigenvalue weighted by Gasteiger charge is 2.18. The number of nitrogens with two attached hydrogens (primary N) is 1. The van der Waals surface area contributed by atoms with Gasteiger partial charge in [0.25, 0.3) is 0 Å². The summed E-state index contributed by atoms with van der Waals surface area (Å²) >= 11 is 3.19. The third-order valence-corrected chi connectivity index (χ3v) is 4.24. The van der Waals surface area contributed by atoms with E-state index in [-0.39, 0.29) is 5.82 Å². The van der Waals surface area contributed by atoms with E-state index in [2.05, 4.69) is 34.8 Å². The molecule has 2 rings (SSSR count). The fourth-order valence-corrected chi connectivity index (χ4v) is 3.00. The van der Waals surface area contributed by atoms with Gasteiger partial charge in [-0.05, 0) is 34.8 Å². The number of aromatic nitrogens is 2. The molecule has 0 fully saturated rings. The number of unbranched alkanes of at least 4 members (excludes halogenated alkanes) is 1. The number of imidazole rings is 1. The van der Waals surface area contributed by atoms with Crippen LogP contribution >= 0.6 is 15.9 Å². The molecular formula is C15H21BrFN3. The Labute approximate surface area is 127 Å².